The highest BCUT2D eigenvalue weighted by atomic mass is 32.2. The van der Waals surface area contributed by atoms with Crippen LogP contribution in [0.5, 0.6) is 0 Å². The van der Waals surface area contributed by atoms with E-state index in [0.29, 0.717) is 30.3 Å². The van der Waals surface area contributed by atoms with Crippen LogP contribution in [-0.2, 0) is 10.1 Å². The Kier molecular flexibility index (Phi) is 7.13. The first-order valence-corrected chi connectivity index (χ1v) is 10.9. The second-order valence-corrected chi connectivity index (χ2v) is 7.76. The number of benzene rings is 2. The van der Waals surface area contributed by atoms with Crippen molar-refractivity contribution in [1.29, 1.82) is 0 Å². The van der Waals surface area contributed by atoms with E-state index in [2.05, 4.69) is 30.9 Å². The molecule has 0 radical (unpaired) electrons. The van der Waals surface area contributed by atoms with Crippen molar-refractivity contribution >= 4 is 45.4 Å². The Balaban J connectivity index is 1.95. The van der Waals surface area contributed by atoms with Crippen molar-refractivity contribution < 1.29 is 13.0 Å². The van der Waals surface area contributed by atoms with E-state index < -0.39 is 10.1 Å². The summed E-state index contributed by atoms with van der Waals surface area (Å²) in [7, 11) is -4.42. The third kappa shape index (κ3) is 6.22. The summed E-state index contributed by atoms with van der Waals surface area (Å²) in [5, 5.41) is 9.04. The van der Waals surface area contributed by atoms with Crippen LogP contribution in [0.15, 0.2) is 59.5 Å². The quantitative estimate of drug-likeness (QED) is 0.313. The lowest BCUT2D eigenvalue weighted by atomic mass is 10.2. The largest absolute Gasteiger partial charge is 0.353 e. The first-order chi connectivity index (χ1) is 14.9. The number of allylic oxidation sites excluding steroid dienone is 1. The van der Waals surface area contributed by atoms with E-state index in [9.17, 15) is 13.0 Å². The van der Waals surface area contributed by atoms with Crippen molar-refractivity contribution in [1.82, 2.24) is 15.0 Å². The Hall–Kier alpha value is -3.54. The molecule has 0 aliphatic carbocycles. The molecule has 0 unspecified atom stereocenters. The molecule has 11 heteroatoms. The maximum atomic E-state index is 11.8. The summed E-state index contributed by atoms with van der Waals surface area (Å²) >= 11 is 0. The van der Waals surface area contributed by atoms with E-state index in [1.807, 2.05) is 30.3 Å². The van der Waals surface area contributed by atoms with Gasteiger partial charge in [-0.25, -0.2) is 0 Å². The number of nitrogens with zero attached hydrogens (tertiary/aromatic N) is 3. The molecule has 0 atom stereocenters. The van der Waals surface area contributed by atoms with Crippen LogP contribution in [0.4, 0.5) is 29.2 Å². The summed E-state index contributed by atoms with van der Waals surface area (Å²) in [5.41, 5.74) is 7.07. The van der Waals surface area contributed by atoms with Gasteiger partial charge in [0.05, 0.1) is 0 Å². The minimum absolute atomic E-state index is 0.174. The Morgan fingerprint density at radius 2 is 1.61 bits per heavy atom. The van der Waals surface area contributed by atoms with Gasteiger partial charge in [-0.1, -0.05) is 36.4 Å². The topological polar surface area (TPSA) is 155 Å². The van der Waals surface area contributed by atoms with Gasteiger partial charge in [-0.3, -0.25) is 4.55 Å². The average molecular weight is 442 g/mol. The standard InChI is InChI=1S/C20H23N7O3S/c1-2-6-14-9-10-16(13-17(14)31(28,29)30)24-20-26-18(22-12-11-21)25-19(27-20)23-15-7-4-3-5-8-15/h2-10,13H,11-12,21H2,1H3,(H,28,29,30)(H3,22,23,24,25,26,27)/b6-2+. The molecule has 0 saturated carbocycles. The lowest BCUT2D eigenvalue weighted by molar-refractivity contribution is 0.483. The number of nitrogens with one attached hydrogen (secondary N) is 3. The zero-order valence-electron chi connectivity index (χ0n) is 16.8. The molecule has 3 rings (SSSR count). The van der Waals surface area contributed by atoms with Crippen molar-refractivity contribution in [2.24, 2.45) is 5.73 Å². The van der Waals surface area contributed by atoms with Crippen molar-refractivity contribution in [3.8, 4) is 0 Å². The molecule has 0 spiro atoms. The monoisotopic (exact) mass is 441 g/mol. The number of rotatable bonds is 9. The number of anilines is 5. The molecule has 0 fully saturated rings. The van der Waals surface area contributed by atoms with Crippen molar-refractivity contribution in [2.45, 2.75) is 11.8 Å². The van der Waals surface area contributed by atoms with Crippen LogP contribution in [0.2, 0.25) is 0 Å². The van der Waals surface area contributed by atoms with Crippen LogP contribution in [0.3, 0.4) is 0 Å². The van der Waals surface area contributed by atoms with Gasteiger partial charge in [0.25, 0.3) is 10.1 Å². The highest BCUT2D eigenvalue weighted by molar-refractivity contribution is 7.86. The second-order valence-electron chi connectivity index (χ2n) is 6.37. The van der Waals surface area contributed by atoms with Crippen LogP contribution in [0.25, 0.3) is 6.08 Å². The molecular weight excluding hydrogens is 418 g/mol. The zero-order chi connectivity index (χ0) is 22.3. The zero-order valence-corrected chi connectivity index (χ0v) is 17.6. The maximum Gasteiger partial charge on any atom is 0.295 e. The van der Waals surface area contributed by atoms with Crippen molar-refractivity contribution in [2.75, 3.05) is 29.0 Å². The van der Waals surface area contributed by atoms with Gasteiger partial charge < -0.3 is 21.7 Å². The van der Waals surface area contributed by atoms with E-state index in [1.54, 1.807) is 31.2 Å². The number of aromatic nitrogens is 3. The first-order valence-electron chi connectivity index (χ1n) is 9.42. The van der Waals surface area contributed by atoms with E-state index in [1.165, 1.54) is 6.07 Å². The summed E-state index contributed by atoms with van der Waals surface area (Å²) in [6, 6.07) is 13.9. The maximum absolute atomic E-state index is 11.8. The Bertz CT molecular complexity index is 1170. The number of para-hydroxylation sites is 1. The molecular formula is C20H23N7O3S. The smallest absolute Gasteiger partial charge is 0.295 e. The summed E-state index contributed by atoms with van der Waals surface area (Å²) in [5.74, 6) is 0.749. The number of hydrogen-bond donors (Lipinski definition) is 5. The predicted molar refractivity (Wildman–Crippen MR) is 121 cm³/mol. The normalized spacial score (nSPS) is 11.5. The third-order valence-electron chi connectivity index (χ3n) is 3.99. The third-order valence-corrected chi connectivity index (χ3v) is 4.90. The van der Waals surface area contributed by atoms with Crippen molar-refractivity contribution in [3.05, 3.63) is 60.2 Å². The van der Waals surface area contributed by atoms with Crippen molar-refractivity contribution in [3.63, 3.8) is 0 Å². The van der Waals surface area contributed by atoms with Gasteiger partial charge in [0.1, 0.15) is 4.90 Å². The number of hydrogen-bond acceptors (Lipinski definition) is 9. The van der Waals surface area contributed by atoms with E-state index in [4.69, 9.17) is 5.73 Å². The van der Waals surface area contributed by atoms with E-state index in [0.717, 1.165) is 5.69 Å². The fraction of sp³-hybridized carbons (Fsp3) is 0.150. The fourth-order valence-electron chi connectivity index (χ4n) is 2.68. The summed E-state index contributed by atoms with van der Waals surface area (Å²) in [6.07, 6.45) is 3.27. The van der Waals surface area contributed by atoms with Crippen LogP contribution in [0.1, 0.15) is 12.5 Å². The highest BCUT2D eigenvalue weighted by Crippen LogP contribution is 2.24. The van der Waals surface area contributed by atoms with Gasteiger partial charge in [-0.05, 0) is 36.8 Å². The molecule has 1 aromatic heterocycles. The van der Waals surface area contributed by atoms with Gasteiger partial charge in [-0.2, -0.15) is 23.4 Å². The molecule has 2 aromatic carbocycles. The van der Waals surface area contributed by atoms with Crippen LogP contribution in [0, 0.1) is 0 Å². The van der Waals surface area contributed by atoms with Crippen LogP contribution >= 0.6 is 0 Å². The van der Waals surface area contributed by atoms with Gasteiger partial charge in [-0.15, -0.1) is 0 Å². The van der Waals surface area contributed by atoms with E-state index >= 15 is 0 Å². The van der Waals surface area contributed by atoms with Crippen LogP contribution in [-0.4, -0.2) is 41.0 Å². The molecule has 1 heterocycles. The van der Waals surface area contributed by atoms with Gasteiger partial charge in [0.2, 0.25) is 17.8 Å². The Morgan fingerprint density at radius 1 is 0.968 bits per heavy atom. The fourth-order valence-corrected chi connectivity index (χ4v) is 3.39. The molecule has 0 bridgehead atoms. The second kappa shape index (κ2) is 9.98. The molecule has 0 saturated heterocycles. The SMILES string of the molecule is C/C=C/c1ccc(Nc2nc(NCCN)nc(Nc3ccccc3)n2)cc1S(=O)(=O)O. The molecule has 10 nitrogen and oxygen atoms in total. The van der Waals surface area contributed by atoms with E-state index in [-0.39, 0.29) is 16.8 Å². The van der Waals surface area contributed by atoms with Gasteiger partial charge in [0.15, 0.2) is 0 Å². The summed E-state index contributed by atoms with van der Waals surface area (Å²) in [4.78, 5) is 12.7. The molecule has 6 N–H and O–H groups in total. The Morgan fingerprint density at radius 3 is 2.23 bits per heavy atom. The average Bonchev–Trinajstić information content (AvgIpc) is 2.73. The molecule has 0 aliphatic heterocycles. The molecule has 0 aliphatic rings. The minimum atomic E-state index is -4.42. The summed E-state index contributed by atoms with van der Waals surface area (Å²) < 4.78 is 33.1. The number of nitrogens with two attached hydrogens (primary N) is 1. The van der Waals surface area contributed by atoms with Gasteiger partial charge in [0, 0.05) is 24.5 Å². The molecule has 162 valence electrons. The minimum Gasteiger partial charge on any atom is -0.353 e. The van der Waals surface area contributed by atoms with Gasteiger partial charge >= 0.3 is 0 Å². The Labute approximate surface area is 180 Å². The predicted octanol–water partition coefficient (Wildman–Crippen LogP) is 3.01. The molecule has 31 heavy (non-hydrogen) atoms. The lowest BCUT2D eigenvalue weighted by Gasteiger charge is -2.12. The summed E-state index contributed by atoms with van der Waals surface area (Å²) in [6.45, 7) is 2.60. The molecule has 3 aromatic rings. The first kappa shape index (κ1) is 22.2. The lowest BCUT2D eigenvalue weighted by Crippen LogP contribution is -2.16. The van der Waals surface area contributed by atoms with Crippen LogP contribution < -0.4 is 21.7 Å². The highest BCUT2D eigenvalue weighted by Gasteiger charge is 2.16. The molecule has 0 amide bonds.